The smallest absolute Gasteiger partial charge is 0.348 e. The molecule has 0 unspecified atom stereocenters. The van der Waals surface area contributed by atoms with Crippen LogP contribution in [0, 0.1) is 0 Å². The molecule has 112 valence electrons. The minimum atomic E-state index is -4.67. The van der Waals surface area contributed by atoms with Crippen LogP contribution in [-0.2, 0) is 13.2 Å². The number of aryl methyl sites for hydroxylation is 1. The monoisotopic (exact) mass is 309 g/mol. The summed E-state index contributed by atoms with van der Waals surface area (Å²) >= 11 is 5.66. The molecule has 0 saturated heterocycles. The fourth-order valence-electron chi connectivity index (χ4n) is 2.43. The maximum absolute atomic E-state index is 12.7. The molecule has 1 aliphatic carbocycles. The third-order valence-corrected chi connectivity index (χ3v) is 3.77. The average Bonchev–Trinajstić information content (AvgIpc) is 2.66. The van der Waals surface area contributed by atoms with Gasteiger partial charge in [-0.3, -0.25) is 9.48 Å². The Morgan fingerprint density at radius 3 is 2.45 bits per heavy atom. The van der Waals surface area contributed by atoms with E-state index >= 15 is 0 Å². The molecule has 1 aliphatic rings. The van der Waals surface area contributed by atoms with Crippen LogP contribution in [0.5, 0.6) is 0 Å². The fourth-order valence-corrected chi connectivity index (χ4v) is 2.78. The summed E-state index contributed by atoms with van der Waals surface area (Å²) in [6.07, 6.45) is 0.158. The summed E-state index contributed by atoms with van der Waals surface area (Å²) in [5.74, 6) is -0.604. The van der Waals surface area contributed by atoms with Crippen LogP contribution in [0.4, 0.5) is 13.2 Å². The number of nitrogens with one attached hydrogen (secondary N) is 1. The van der Waals surface area contributed by atoms with Crippen molar-refractivity contribution >= 4 is 17.5 Å². The molecule has 1 saturated carbocycles. The fraction of sp³-hybridized carbons (Fsp3) is 0.667. The maximum Gasteiger partial charge on any atom is 0.436 e. The van der Waals surface area contributed by atoms with Gasteiger partial charge in [0.1, 0.15) is 10.7 Å². The number of halogens is 4. The zero-order valence-corrected chi connectivity index (χ0v) is 11.7. The van der Waals surface area contributed by atoms with Crippen LogP contribution in [-0.4, -0.2) is 21.7 Å². The van der Waals surface area contributed by atoms with Gasteiger partial charge in [-0.05, 0) is 12.8 Å². The Bertz CT molecular complexity index is 507. The van der Waals surface area contributed by atoms with Crippen LogP contribution >= 0.6 is 11.6 Å². The quantitative estimate of drug-likeness (QED) is 0.912. The number of rotatable bonds is 2. The van der Waals surface area contributed by atoms with Crippen molar-refractivity contribution in [3.8, 4) is 0 Å². The van der Waals surface area contributed by atoms with Gasteiger partial charge in [0, 0.05) is 13.1 Å². The topological polar surface area (TPSA) is 46.9 Å². The van der Waals surface area contributed by atoms with Crippen molar-refractivity contribution in [2.75, 3.05) is 0 Å². The lowest BCUT2D eigenvalue weighted by Crippen LogP contribution is -2.37. The molecule has 0 aromatic carbocycles. The minimum absolute atomic E-state index is 0.00319. The minimum Gasteiger partial charge on any atom is -0.348 e. The van der Waals surface area contributed by atoms with E-state index in [0.717, 1.165) is 36.8 Å². The molecule has 0 radical (unpaired) electrons. The number of alkyl halides is 3. The number of nitrogens with zero attached hydrogens (tertiary/aromatic N) is 2. The van der Waals surface area contributed by atoms with E-state index in [9.17, 15) is 18.0 Å². The largest absolute Gasteiger partial charge is 0.436 e. The van der Waals surface area contributed by atoms with E-state index < -0.39 is 22.8 Å². The van der Waals surface area contributed by atoms with Crippen molar-refractivity contribution in [3.63, 3.8) is 0 Å². The van der Waals surface area contributed by atoms with Gasteiger partial charge < -0.3 is 5.32 Å². The van der Waals surface area contributed by atoms with Gasteiger partial charge >= 0.3 is 6.18 Å². The summed E-state index contributed by atoms with van der Waals surface area (Å²) in [5.41, 5.74) is -1.47. The number of hydrogen-bond acceptors (Lipinski definition) is 2. The first kappa shape index (κ1) is 15.2. The Morgan fingerprint density at radius 1 is 1.35 bits per heavy atom. The standard InChI is InChI=1S/C12H15ClF3N3O/c1-19-9(8(13)10(18-19)12(14,15)16)11(20)17-7-5-3-2-4-6-7/h7H,2-6H2,1H3,(H,17,20). The van der Waals surface area contributed by atoms with Crippen molar-refractivity contribution in [1.29, 1.82) is 0 Å². The number of aromatic nitrogens is 2. The van der Waals surface area contributed by atoms with Crippen LogP contribution in [0.15, 0.2) is 0 Å². The van der Waals surface area contributed by atoms with Crippen molar-refractivity contribution in [2.45, 2.75) is 44.3 Å². The molecule has 1 aromatic rings. The summed E-state index contributed by atoms with van der Waals surface area (Å²) in [6.45, 7) is 0. The predicted octanol–water partition coefficient (Wildman–Crippen LogP) is 3.15. The van der Waals surface area contributed by atoms with Gasteiger partial charge in [-0.2, -0.15) is 18.3 Å². The third kappa shape index (κ3) is 3.08. The van der Waals surface area contributed by atoms with Gasteiger partial charge in [-0.15, -0.1) is 0 Å². The third-order valence-electron chi connectivity index (χ3n) is 3.41. The molecule has 1 heterocycles. The van der Waals surface area contributed by atoms with Gasteiger partial charge in [-0.1, -0.05) is 30.9 Å². The lowest BCUT2D eigenvalue weighted by Gasteiger charge is -2.22. The van der Waals surface area contributed by atoms with Gasteiger partial charge in [0.2, 0.25) is 0 Å². The van der Waals surface area contributed by atoms with Crippen LogP contribution < -0.4 is 5.32 Å². The number of carbonyl (C=O) groups excluding carboxylic acids is 1. The molecule has 8 heteroatoms. The molecule has 2 rings (SSSR count). The Balaban J connectivity index is 2.19. The van der Waals surface area contributed by atoms with Gasteiger partial charge in [0.15, 0.2) is 5.69 Å². The van der Waals surface area contributed by atoms with E-state index in [2.05, 4.69) is 10.4 Å². The lowest BCUT2D eigenvalue weighted by molar-refractivity contribution is -0.141. The molecule has 1 amide bonds. The zero-order chi connectivity index (χ0) is 14.9. The zero-order valence-electron chi connectivity index (χ0n) is 10.9. The summed E-state index contributed by atoms with van der Waals surface area (Å²) in [5, 5.41) is 5.38. The van der Waals surface area contributed by atoms with E-state index in [1.807, 2.05) is 0 Å². The molecule has 1 N–H and O–H groups in total. The SMILES string of the molecule is Cn1nc(C(F)(F)F)c(Cl)c1C(=O)NC1CCCCC1. The summed E-state index contributed by atoms with van der Waals surface area (Å²) in [6, 6.07) is -0.00319. The Kier molecular flexibility index (Phi) is 4.27. The lowest BCUT2D eigenvalue weighted by atomic mass is 9.95. The Labute approximate surface area is 119 Å². The normalized spacial score (nSPS) is 17.2. The molecule has 4 nitrogen and oxygen atoms in total. The molecule has 0 bridgehead atoms. The highest BCUT2D eigenvalue weighted by Gasteiger charge is 2.39. The first-order chi connectivity index (χ1) is 9.30. The first-order valence-corrected chi connectivity index (χ1v) is 6.79. The van der Waals surface area contributed by atoms with Crippen LogP contribution in [0.1, 0.15) is 48.3 Å². The molecular weight excluding hydrogens is 295 g/mol. The highest BCUT2D eigenvalue weighted by Crippen LogP contribution is 2.35. The second-order valence-electron chi connectivity index (χ2n) is 4.94. The van der Waals surface area contributed by atoms with Crippen LogP contribution in [0.2, 0.25) is 5.02 Å². The number of amides is 1. The molecule has 0 spiro atoms. The van der Waals surface area contributed by atoms with E-state index in [-0.39, 0.29) is 11.7 Å². The molecule has 1 aromatic heterocycles. The van der Waals surface area contributed by atoms with Crippen molar-refractivity contribution in [3.05, 3.63) is 16.4 Å². The van der Waals surface area contributed by atoms with Crippen molar-refractivity contribution in [2.24, 2.45) is 7.05 Å². The highest BCUT2D eigenvalue weighted by atomic mass is 35.5. The molecule has 1 fully saturated rings. The average molecular weight is 310 g/mol. The van der Waals surface area contributed by atoms with E-state index in [0.29, 0.717) is 0 Å². The van der Waals surface area contributed by atoms with E-state index in [1.54, 1.807) is 0 Å². The molecular formula is C12H15ClF3N3O. The van der Waals surface area contributed by atoms with Crippen LogP contribution in [0.25, 0.3) is 0 Å². The molecule has 20 heavy (non-hydrogen) atoms. The predicted molar refractivity (Wildman–Crippen MR) is 67.6 cm³/mol. The second-order valence-corrected chi connectivity index (χ2v) is 5.32. The first-order valence-electron chi connectivity index (χ1n) is 6.41. The van der Waals surface area contributed by atoms with Crippen molar-refractivity contribution < 1.29 is 18.0 Å². The summed E-state index contributed by atoms with van der Waals surface area (Å²) in [4.78, 5) is 12.1. The van der Waals surface area contributed by atoms with Crippen LogP contribution in [0.3, 0.4) is 0 Å². The number of carbonyl (C=O) groups is 1. The molecule has 0 aliphatic heterocycles. The van der Waals surface area contributed by atoms with Crippen molar-refractivity contribution in [1.82, 2.24) is 15.1 Å². The highest BCUT2D eigenvalue weighted by molar-refractivity contribution is 6.34. The maximum atomic E-state index is 12.7. The van der Waals surface area contributed by atoms with Gasteiger partial charge in [0.25, 0.3) is 5.91 Å². The van der Waals surface area contributed by atoms with E-state index in [4.69, 9.17) is 11.6 Å². The Hall–Kier alpha value is -1.24. The summed E-state index contributed by atoms with van der Waals surface area (Å²) < 4.78 is 38.9. The van der Waals surface area contributed by atoms with E-state index in [1.165, 1.54) is 7.05 Å². The Morgan fingerprint density at radius 2 is 1.95 bits per heavy atom. The van der Waals surface area contributed by atoms with Gasteiger partial charge in [-0.25, -0.2) is 0 Å². The van der Waals surface area contributed by atoms with Gasteiger partial charge in [0.05, 0.1) is 0 Å². The molecule has 0 atom stereocenters. The number of hydrogen-bond donors (Lipinski definition) is 1. The summed E-state index contributed by atoms with van der Waals surface area (Å²) in [7, 11) is 1.27. The second kappa shape index (κ2) is 5.63.